The van der Waals surface area contributed by atoms with Crippen LogP contribution in [-0.4, -0.2) is 73.9 Å². The predicted octanol–water partition coefficient (Wildman–Crippen LogP) is 7.33. The number of rotatable bonds is 11. The van der Waals surface area contributed by atoms with Gasteiger partial charge in [-0.05, 0) is 98.9 Å². The molecule has 0 spiro atoms. The lowest BCUT2D eigenvalue weighted by Gasteiger charge is -2.35. The summed E-state index contributed by atoms with van der Waals surface area (Å²) in [4.78, 5) is 31.7. The predicted molar refractivity (Wildman–Crippen MR) is 219 cm³/mol. The maximum absolute atomic E-state index is 12.5. The van der Waals surface area contributed by atoms with Crippen LogP contribution in [0.1, 0.15) is 110 Å². The molecule has 4 aliphatic rings. The summed E-state index contributed by atoms with van der Waals surface area (Å²) in [6.45, 7) is 4.50. The number of nitriles is 1. The quantitative estimate of drug-likeness (QED) is 0.103. The molecular weight excluding hydrogens is 735 g/mol. The Labute approximate surface area is 337 Å². The van der Waals surface area contributed by atoms with Crippen LogP contribution in [0.25, 0.3) is 27.5 Å². The average molecular weight is 784 g/mol. The number of benzene rings is 1. The van der Waals surface area contributed by atoms with Gasteiger partial charge >= 0.3 is 0 Å². The van der Waals surface area contributed by atoms with E-state index in [1.54, 1.807) is 17.5 Å². The second-order valence-corrected chi connectivity index (χ2v) is 17.3. The van der Waals surface area contributed by atoms with Gasteiger partial charge in [-0.25, -0.2) is 4.52 Å². The first-order valence-corrected chi connectivity index (χ1v) is 21.5. The van der Waals surface area contributed by atoms with Gasteiger partial charge < -0.3 is 10.1 Å². The fourth-order valence-electron chi connectivity index (χ4n) is 9.40. The summed E-state index contributed by atoms with van der Waals surface area (Å²) >= 11 is 1.74. The van der Waals surface area contributed by atoms with E-state index < -0.39 is 0 Å². The van der Waals surface area contributed by atoms with E-state index in [4.69, 9.17) is 19.9 Å². The highest BCUT2D eigenvalue weighted by Crippen LogP contribution is 2.46. The number of anilines is 1. The molecule has 1 saturated carbocycles. The van der Waals surface area contributed by atoms with Crippen LogP contribution in [-0.2, 0) is 32.7 Å². The Morgan fingerprint density at radius 1 is 0.965 bits per heavy atom. The lowest BCUT2D eigenvalue weighted by Crippen LogP contribution is -2.39. The van der Waals surface area contributed by atoms with Gasteiger partial charge in [-0.1, -0.05) is 55.2 Å². The monoisotopic (exact) mass is 783 g/mol. The van der Waals surface area contributed by atoms with Crippen molar-refractivity contribution in [2.75, 3.05) is 31.6 Å². The third-order valence-corrected chi connectivity index (χ3v) is 13.8. The molecule has 9 rings (SSSR count). The highest BCUT2D eigenvalue weighted by atomic mass is 32.1. The summed E-state index contributed by atoms with van der Waals surface area (Å²) in [6.07, 6.45) is 16.8. The molecule has 7 heterocycles. The summed E-state index contributed by atoms with van der Waals surface area (Å²) in [6, 6.07) is 16.9. The second kappa shape index (κ2) is 16.4. The summed E-state index contributed by atoms with van der Waals surface area (Å²) in [5.74, 6) is -0.565. The van der Waals surface area contributed by atoms with E-state index in [1.807, 2.05) is 28.9 Å². The van der Waals surface area contributed by atoms with Gasteiger partial charge in [0, 0.05) is 56.1 Å². The molecule has 2 amide bonds. The molecule has 4 aromatic heterocycles. The van der Waals surface area contributed by atoms with E-state index >= 15 is 0 Å². The van der Waals surface area contributed by atoms with Gasteiger partial charge in [-0.15, -0.1) is 10.2 Å². The zero-order valence-corrected chi connectivity index (χ0v) is 33.2. The molecule has 2 saturated heterocycles. The Bertz CT molecular complexity index is 2320. The number of nitrogens with zero attached hydrogens (tertiary/aromatic N) is 7. The number of carbonyl (C=O) groups excluding carboxylic acids is 2. The third kappa shape index (κ3) is 7.95. The molecule has 12 nitrogen and oxygen atoms in total. The summed E-state index contributed by atoms with van der Waals surface area (Å²) in [7, 11) is 0. The van der Waals surface area contributed by atoms with Crippen molar-refractivity contribution in [3.8, 4) is 28.0 Å². The van der Waals surface area contributed by atoms with Crippen LogP contribution in [0, 0.1) is 11.3 Å². The summed E-state index contributed by atoms with van der Waals surface area (Å²) in [5.41, 5.74) is 8.77. The maximum Gasteiger partial charge on any atom is 0.234 e. The minimum Gasteiger partial charge on any atom is -0.381 e. The molecule has 1 aromatic carbocycles. The molecule has 2 N–H and O–H groups in total. The molecule has 5 aromatic rings. The van der Waals surface area contributed by atoms with Crippen LogP contribution in [0.5, 0.6) is 0 Å². The molecule has 294 valence electrons. The molecule has 0 unspecified atom stereocenters. The van der Waals surface area contributed by atoms with Gasteiger partial charge in [0.05, 0.1) is 40.1 Å². The van der Waals surface area contributed by atoms with Gasteiger partial charge in [0.25, 0.3) is 0 Å². The van der Waals surface area contributed by atoms with Crippen molar-refractivity contribution in [2.45, 2.75) is 107 Å². The highest BCUT2D eigenvalue weighted by molar-refractivity contribution is 7.14. The fraction of sp³-hybridized carbons (Fsp3) is 0.477. The summed E-state index contributed by atoms with van der Waals surface area (Å²) < 4.78 is 7.51. The number of amides is 2. The number of unbranched alkanes of at least 4 members (excludes halogenated alkanes) is 1. The van der Waals surface area contributed by atoms with Crippen molar-refractivity contribution in [3.63, 3.8) is 0 Å². The number of carbonyl (C=O) groups is 2. The van der Waals surface area contributed by atoms with Gasteiger partial charge in [0.1, 0.15) is 11.1 Å². The van der Waals surface area contributed by atoms with Crippen molar-refractivity contribution in [1.29, 1.82) is 5.26 Å². The largest absolute Gasteiger partial charge is 0.381 e. The number of aromatic nitrogens is 5. The van der Waals surface area contributed by atoms with Crippen molar-refractivity contribution >= 4 is 34.4 Å². The van der Waals surface area contributed by atoms with E-state index in [-0.39, 0.29) is 29.2 Å². The van der Waals surface area contributed by atoms with Crippen molar-refractivity contribution in [3.05, 3.63) is 82.1 Å². The molecule has 1 atom stereocenters. The minimum absolute atomic E-state index is 0.0511. The van der Waals surface area contributed by atoms with Crippen LogP contribution < -0.4 is 10.6 Å². The Morgan fingerprint density at radius 3 is 2.68 bits per heavy atom. The molecule has 3 aliphatic heterocycles. The standard InChI is InChI=1S/C44H49N9O3S/c45-25-29-22-34-8-10-39(53(34)47-26-29)38-24-37(48-33-13-20-56-21-14-33)36(27-46-38)42-50-51-43(57-42)44(15-2-1-3-16-44)17-4-5-18-52-19-12-30-23-31(6-7-32(30)28-52)35-9-11-40(54)49-41(35)55/h6-8,10,22-24,26-27,33,35H,1-5,9,11-21,28H2,(H,46,48)(H,49,54,55)/t35-/m0/s1. The molecule has 0 radical (unpaired) electrons. The van der Waals surface area contributed by atoms with Crippen LogP contribution in [0.2, 0.25) is 0 Å². The number of piperidine rings is 1. The van der Waals surface area contributed by atoms with E-state index in [0.29, 0.717) is 18.4 Å². The SMILES string of the molecule is N#Cc1cnn2c(-c3cc(NC4CCOCC4)c(-c4nnc(C5(CCCCN6CCc7cc([C@@H]8CCC(=O)NC8=O)ccc7C6)CCCCC5)s4)cn3)ccc2c1. The number of hydrogen-bond acceptors (Lipinski definition) is 11. The normalized spacial score (nSPS) is 20.2. The third-order valence-electron chi connectivity index (χ3n) is 12.6. The van der Waals surface area contributed by atoms with E-state index in [2.05, 4.69) is 51.0 Å². The first-order chi connectivity index (χ1) is 27.9. The Morgan fingerprint density at radius 2 is 1.84 bits per heavy atom. The Kier molecular flexibility index (Phi) is 10.8. The number of fused-ring (bicyclic) bond motifs is 2. The second-order valence-electron chi connectivity index (χ2n) is 16.3. The van der Waals surface area contributed by atoms with Gasteiger partial charge in [-0.2, -0.15) is 10.4 Å². The average Bonchev–Trinajstić information content (AvgIpc) is 3.91. The topological polar surface area (TPSA) is 150 Å². The smallest absolute Gasteiger partial charge is 0.234 e. The Balaban J connectivity index is 0.889. The molecular formula is C44H49N9O3S. The van der Waals surface area contributed by atoms with E-state index in [1.165, 1.54) is 30.4 Å². The van der Waals surface area contributed by atoms with Gasteiger partial charge in [0.2, 0.25) is 11.8 Å². The summed E-state index contributed by atoms with van der Waals surface area (Å²) in [5, 5.41) is 32.1. The number of nitrogens with one attached hydrogen (secondary N) is 2. The molecule has 3 fully saturated rings. The molecule has 1 aliphatic carbocycles. The van der Waals surface area contributed by atoms with Gasteiger partial charge in [-0.3, -0.25) is 24.8 Å². The number of ether oxygens (including phenoxy) is 1. The zero-order chi connectivity index (χ0) is 38.8. The van der Waals surface area contributed by atoms with Crippen molar-refractivity contribution < 1.29 is 14.3 Å². The van der Waals surface area contributed by atoms with Crippen LogP contribution in [0.15, 0.2) is 54.9 Å². The highest BCUT2D eigenvalue weighted by Gasteiger charge is 2.37. The molecule has 57 heavy (non-hydrogen) atoms. The van der Waals surface area contributed by atoms with E-state index in [0.717, 1.165) is 128 Å². The Hall–Kier alpha value is -5.03. The lowest BCUT2D eigenvalue weighted by molar-refractivity contribution is -0.134. The number of pyridine rings is 1. The van der Waals surface area contributed by atoms with E-state index in [9.17, 15) is 14.9 Å². The van der Waals surface area contributed by atoms with Crippen LogP contribution in [0.4, 0.5) is 5.69 Å². The molecule has 0 bridgehead atoms. The van der Waals surface area contributed by atoms with Crippen molar-refractivity contribution in [2.24, 2.45) is 0 Å². The number of hydrogen-bond donors (Lipinski definition) is 2. The van der Waals surface area contributed by atoms with Crippen LogP contribution in [0.3, 0.4) is 0 Å². The van der Waals surface area contributed by atoms with Crippen LogP contribution >= 0.6 is 11.3 Å². The fourth-order valence-corrected chi connectivity index (χ4v) is 10.5. The number of imide groups is 1. The maximum atomic E-state index is 12.5. The first kappa shape index (κ1) is 37.5. The van der Waals surface area contributed by atoms with Gasteiger partial charge in [0.15, 0.2) is 5.01 Å². The first-order valence-electron chi connectivity index (χ1n) is 20.7. The zero-order valence-electron chi connectivity index (χ0n) is 32.3. The minimum atomic E-state index is -0.231. The lowest BCUT2D eigenvalue weighted by atomic mass is 9.71. The van der Waals surface area contributed by atoms with Crippen molar-refractivity contribution in [1.82, 2.24) is 35.0 Å². The molecule has 13 heteroatoms.